The second-order valence-electron chi connectivity index (χ2n) is 5.80. The van der Waals surface area contributed by atoms with E-state index in [9.17, 15) is 4.79 Å². The van der Waals surface area contributed by atoms with Gasteiger partial charge in [0.1, 0.15) is 11.6 Å². The Morgan fingerprint density at radius 1 is 1.25 bits per heavy atom. The van der Waals surface area contributed by atoms with Gasteiger partial charge < -0.3 is 9.88 Å². The molecule has 0 saturated carbocycles. The number of amides is 1. The fraction of sp³-hybridized carbons (Fsp3) is 0.158. The summed E-state index contributed by atoms with van der Waals surface area (Å²) in [6.07, 6.45) is 4.03. The topological polar surface area (TPSA) is 72.7 Å². The van der Waals surface area contributed by atoms with Crippen LogP contribution in [0, 0.1) is 0 Å². The molecule has 3 aromatic rings. The summed E-state index contributed by atoms with van der Waals surface area (Å²) in [7, 11) is 0. The van der Waals surface area contributed by atoms with Gasteiger partial charge in [0.05, 0.1) is 5.75 Å². The number of anilines is 1. The van der Waals surface area contributed by atoms with Gasteiger partial charge in [0.15, 0.2) is 5.16 Å². The molecule has 0 aliphatic rings. The van der Waals surface area contributed by atoms with Crippen molar-refractivity contribution in [2.24, 2.45) is 0 Å². The molecular weight excluding hydrogens is 462 g/mol. The molecule has 9 heteroatoms. The van der Waals surface area contributed by atoms with Crippen LogP contribution in [-0.2, 0) is 17.8 Å². The zero-order chi connectivity index (χ0) is 19.9. The number of rotatable bonds is 8. The third kappa shape index (κ3) is 5.67. The zero-order valence-corrected chi connectivity index (χ0v) is 18.0. The van der Waals surface area contributed by atoms with Crippen LogP contribution in [-0.4, -0.2) is 31.4 Å². The number of aromatic nitrogens is 4. The predicted molar refractivity (Wildman–Crippen MR) is 116 cm³/mol. The molecule has 1 N–H and O–H groups in total. The van der Waals surface area contributed by atoms with E-state index >= 15 is 0 Å². The van der Waals surface area contributed by atoms with E-state index in [1.807, 2.05) is 34.9 Å². The maximum Gasteiger partial charge on any atom is 0.236 e. The van der Waals surface area contributed by atoms with E-state index in [-0.39, 0.29) is 11.7 Å². The van der Waals surface area contributed by atoms with Crippen molar-refractivity contribution in [3.63, 3.8) is 0 Å². The Morgan fingerprint density at radius 3 is 2.71 bits per heavy atom. The van der Waals surface area contributed by atoms with Crippen LogP contribution in [0.5, 0.6) is 0 Å². The van der Waals surface area contributed by atoms with E-state index in [0.29, 0.717) is 29.0 Å². The highest BCUT2D eigenvalue weighted by atomic mass is 79.9. The van der Waals surface area contributed by atoms with Crippen LogP contribution in [0.4, 0.5) is 5.82 Å². The standard InChI is InChI=1S/C19H17BrClN5OS/c1-2-9-26-17(10-13-3-6-15(21)7-4-13)24-25-19(26)28-12-18(27)23-16-8-5-14(20)11-22-16/h2-8,11H,1,9-10,12H2,(H,22,23,27). The minimum Gasteiger partial charge on any atom is -0.310 e. The Bertz CT molecular complexity index is 959. The molecule has 0 fully saturated rings. The Morgan fingerprint density at radius 2 is 2.04 bits per heavy atom. The normalized spacial score (nSPS) is 10.6. The first-order chi connectivity index (χ1) is 13.5. The Hall–Kier alpha value is -2.16. The van der Waals surface area contributed by atoms with Crippen molar-refractivity contribution in [3.05, 3.63) is 76.1 Å². The van der Waals surface area contributed by atoms with Crippen LogP contribution in [0.3, 0.4) is 0 Å². The quantitative estimate of drug-likeness (QED) is 0.378. The van der Waals surface area contributed by atoms with E-state index < -0.39 is 0 Å². The second-order valence-corrected chi connectivity index (χ2v) is 8.09. The number of thioether (sulfide) groups is 1. The fourth-order valence-corrected chi connectivity index (χ4v) is 3.54. The number of benzene rings is 1. The van der Waals surface area contributed by atoms with Gasteiger partial charge in [0.2, 0.25) is 5.91 Å². The van der Waals surface area contributed by atoms with E-state index in [4.69, 9.17) is 11.6 Å². The Kier molecular flexibility index (Phi) is 7.24. The summed E-state index contributed by atoms with van der Waals surface area (Å²) in [5.41, 5.74) is 1.08. The Labute approximate surface area is 180 Å². The number of hydrogen-bond donors (Lipinski definition) is 1. The molecular formula is C19H17BrClN5OS. The fourth-order valence-electron chi connectivity index (χ4n) is 2.41. The maximum atomic E-state index is 12.2. The molecule has 2 heterocycles. The number of hydrogen-bond acceptors (Lipinski definition) is 5. The lowest BCUT2D eigenvalue weighted by Gasteiger charge is -2.08. The van der Waals surface area contributed by atoms with Gasteiger partial charge in [-0.15, -0.1) is 16.8 Å². The van der Waals surface area contributed by atoms with Crippen LogP contribution in [0.25, 0.3) is 0 Å². The molecule has 6 nitrogen and oxygen atoms in total. The molecule has 28 heavy (non-hydrogen) atoms. The van der Waals surface area contributed by atoms with E-state index in [2.05, 4.69) is 43.0 Å². The Balaban J connectivity index is 1.65. The predicted octanol–water partition coefficient (Wildman–Crippen LogP) is 4.60. The molecule has 0 unspecified atom stereocenters. The first-order valence-electron chi connectivity index (χ1n) is 8.37. The second kappa shape index (κ2) is 9.86. The van der Waals surface area contributed by atoms with Gasteiger partial charge in [-0.1, -0.05) is 41.6 Å². The first kappa shape index (κ1) is 20.6. The van der Waals surface area contributed by atoms with E-state index in [0.717, 1.165) is 15.9 Å². The number of allylic oxidation sites excluding steroid dienone is 1. The molecule has 0 aliphatic carbocycles. The van der Waals surface area contributed by atoms with Crippen molar-refractivity contribution in [2.45, 2.75) is 18.1 Å². The van der Waals surface area contributed by atoms with Crippen LogP contribution in [0.15, 0.2) is 64.9 Å². The molecule has 0 spiro atoms. The summed E-state index contributed by atoms with van der Waals surface area (Å²) in [5.74, 6) is 1.35. The lowest BCUT2D eigenvalue weighted by molar-refractivity contribution is -0.113. The molecule has 1 aromatic carbocycles. The minimum absolute atomic E-state index is 0.160. The first-order valence-corrected chi connectivity index (χ1v) is 10.5. The summed E-state index contributed by atoms with van der Waals surface area (Å²) in [4.78, 5) is 16.3. The summed E-state index contributed by atoms with van der Waals surface area (Å²) in [6.45, 7) is 4.36. The van der Waals surface area contributed by atoms with Crippen LogP contribution in [0.2, 0.25) is 5.02 Å². The lowest BCUT2D eigenvalue weighted by Crippen LogP contribution is -2.15. The van der Waals surface area contributed by atoms with Gasteiger partial charge >= 0.3 is 0 Å². The molecule has 144 valence electrons. The van der Waals surface area contributed by atoms with Gasteiger partial charge in [-0.2, -0.15) is 0 Å². The summed E-state index contributed by atoms with van der Waals surface area (Å²) in [6, 6.07) is 11.2. The summed E-state index contributed by atoms with van der Waals surface area (Å²) in [5, 5.41) is 12.6. The van der Waals surface area contributed by atoms with Crippen LogP contribution in [0.1, 0.15) is 11.4 Å². The van der Waals surface area contributed by atoms with Gasteiger partial charge in [-0.3, -0.25) is 4.79 Å². The van der Waals surface area contributed by atoms with Crippen molar-refractivity contribution < 1.29 is 4.79 Å². The van der Waals surface area contributed by atoms with Crippen molar-refractivity contribution in [2.75, 3.05) is 11.1 Å². The lowest BCUT2D eigenvalue weighted by atomic mass is 10.1. The van der Waals surface area contributed by atoms with E-state index in [1.54, 1.807) is 18.3 Å². The number of halogens is 2. The summed E-state index contributed by atoms with van der Waals surface area (Å²) >= 11 is 10.6. The molecule has 2 aromatic heterocycles. The zero-order valence-electron chi connectivity index (χ0n) is 14.8. The number of nitrogens with zero attached hydrogens (tertiary/aromatic N) is 4. The van der Waals surface area contributed by atoms with Gasteiger partial charge in [-0.25, -0.2) is 4.98 Å². The maximum absolute atomic E-state index is 12.2. The van der Waals surface area contributed by atoms with Crippen molar-refractivity contribution in [1.29, 1.82) is 0 Å². The largest absolute Gasteiger partial charge is 0.310 e. The highest BCUT2D eigenvalue weighted by Crippen LogP contribution is 2.20. The van der Waals surface area contributed by atoms with Gasteiger partial charge in [-0.05, 0) is 45.8 Å². The summed E-state index contributed by atoms with van der Waals surface area (Å²) < 4.78 is 2.81. The van der Waals surface area contributed by atoms with Crippen molar-refractivity contribution in [3.8, 4) is 0 Å². The average molecular weight is 479 g/mol. The SMILES string of the molecule is C=CCn1c(Cc2ccc(Cl)cc2)nnc1SCC(=O)Nc1ccc(Br)cn1. The van der Waals surface area contributed by atoms with E-state index in [1.165, 1.54) is 11.8 Å². The van der Waals surface area contributed by atoms with Gasteiger partial charge in [0.25, 0.3) is 0 Å². The average Bonchev–Trinajstić information content (AvgIpc) is 3.06. The minimum atomic E-state index is -0.160. The molecule has 1 amide bonds. The van der Waals surface area contributed by atoms with Gasteiger partial charge in [0, 0.05) is 28.7 Å². The molecule has 3 rings (SSSR count). The van der Waals surface area contributed by atoms with Crippen molar-refractivity contribution >= 4 is 51.0 Å². The highest BCUT2D eigenvalue weighted by Gasteiger charge is 2.14. The monoisotopic (exact) mass is 477 g/mol. The highest BCUT2D eigenvalue weighted by molar-refractivity contribution is 9.10. The molecule has 0 radical (unpaired) electrons. The third-order valence-electron chi connectivity index (χ3n) is 3.71. The number of nitrogens with one attached hydrogen (secondary N) is 1. The third-order valence-corrected chi connectivity index (χ3v) is 5.40. The number of pyridine rings is 1. The smallest absolute Gasteiger partial charge is 0.236 e. The van der Waals surface area contributed by atoms with Crippen LogP contribution >= 0.6 is 39.3 Å². The molecule has 0 aliphatic heterocycles. The van der Waals surface area contributed by atoms with Crippen LogP contribution < -0.4 is 5.32 Å². The molecule has 0 saturated heterocycles. The molecule has 0 bridgehead atoms. The number of carbonyl (C=O) groups excluding carboxylic acids is 1. The molecule has 0 atom stereocenters. The number of carbonyl (C=O) groups is 1. The van der Waals surface area contributed by atoms with Crippen molar-refractivity contribution in [1.82, 2.24) is 19.7 Å².